The van der Waals surface area contributed by atoms with Gasteiger partial charge in [-0.05, 0) is 44.2 Å². The number of carbonyl (C=O) groups excluding carboxylic acids is 1. The Hall–Kier alpha value is -2.38. The molecule has 0 saturated heterocycles. The molecule has 1 heterocycles. The van der Waals surface area contributed by atoms with Gasteiger partial charge in [0.25, 0.3) is 0 Å². The van der Waals surface area contributed by atoms with Crippen LogP contribution in [0.15, 0.2) is 41.6 Å². The van der Waals surface area contributed by atoms with E-state index in [1.807, 2.05) is 32.0 Å². The van der Waals surface area contributed by atoms with E-state index in [1.54, 1.807) is 18.2 Å². The number of ether oxygens (including phenoxy) is 2. The highest BCUT2D eigenvalue weighted by molar-refractivity contribution is 7.99. The van der Waals surface area contributed by atoms with Crippen molar-refractivity contribution in [3.8, 4) is 11.5 Å². The Labute approximate surface area is 166 Å². The molecule has 0 bridgehead atoms. The Morgan fingerprint density at radius 3 is 2.78 bits per heavy atom. The zero-order chi connectivity index (χ0) is 19.2. The first-order valence-corrected chi connectivity index (χ1v) is 9.93. The molecule has 1 aromatic heterocycles. The number of halogens is 1. The van der Waals surface area contributed by atoms with Gasteiger partial charge in [-0.25, -0.2) is 4.98 Å². The van der Waals surface area contributed by atoms with Crippen LogP contribution >= 0.6 is 23.4 Å². The van der Waals surface area contributed by atoms with Crippen LogP contribution in [0.4, 0.5) is 5.69 Å². The maximum atomic E-state index is 12.4. The fraction of sp³-hybridized carbons (Fsp3) is 0.263. The van der Waals surface area contributed by atoms with Crippen LogP contribution in [-0.2, 0) is 4.79 Å². The fourth-order valence-corrected chi connectivity index (χ4v) is 3.35. The zero-order valence-electron chi connectivity index (χ0n) is 15.0. The van der Waals surface area contributed by atoms with E-state index in [0.717, 1.165) is 11.0 Å². The van der Waals surface area contributed by atoms with Crippen molar-refractivity contribution in [2.24, 2.45) is 0 Å². The maximum Gasteiger partial charge on any atom is 0.234 e. The summed E-state index contributed by atoms with van der Waals surface area (Å²) in [6.07, 6.45) is 0. The highest BCUT2D eigenvalue weighted by Gasteiger charge is 2.12. The first kappa shape index (κ1) is 19.4. The number of imidazole rings is 1. The van der Waals surface area contributed by atoms with Crippen LogP contribution in [0.25, 0.3) is 11.0 Å². The van der Waals surface area contributed by atoms with Gasteiger partial charge in [0.2, 0.25) is 5.91 Å². The minimum absolute atomic E-state index is 0.159. The van der Waals surface area contributed by atoms with E-state index in [2.05, 4.69) is 15.3 Å². The molecule has 0 unspecified atom stereocenters. The minimum Gasteiger partial charge on any atom is -0.494 e. The van der Waals surface area contributed by atoms with Crippen molar-refractivity contribution in [3.05, 3.63) is 41.4 Å². The van der Waals surface area contributed by atoms with Gasteiger partial charge in [-0.1, -0.05) is 23.4 Å². The van der Waals surface area contributed by atoms with Crippen molar-refractivity contribution in [2.75, 3.05) is 24.3 Å². The van der Waals surface area contributed by atoms with Gasteiger partial charge in [-0.15, -0.1) is 0 Å². The number of hydrogen-bond donors (Lipinski definition) is 2. The van der Waals surface area contributed by atoms with E-state index < -0.39 is 0 Å². The number of rotatable bonds is 8. The molecular weight excluding hydrogens is 386 g/mol. The van der Waals surface area contributed by atoms with Crippen LogP contribution in [-0.4, -0.2) is 34.8 Å². The number of aromatic nitrogens is 2. The number of aromatic amines is 1. The standard InChI is InChI=1S/C19H20ClN3O3S/c1-3-25-13-6-8-17(26-4-2)16(10-13)21-18(24)11-27-19-22-14-7-5-12(20)9-15(14)23-19/h5-10H,3-4,11H2,1-2H3,(H,21,24)(H,22,23). The molecule has 0 aliphatic heterocycles. The van der Waals surface area contributed by atoms with E-state index >= 15 is 0 Å². The molecule has 3 rings (SSSR count). The van der Waals surface area contributed by atoms with E-state index in [0.29, 0.717) is 40.6 Å². The fourth-order valence-electron chi connectivity index (χ4n) is 2.49. The first-order valence-electron chi connectivity index (χ1n) is 8.56. The molecule has 8 heteroatoms. The monoisotopic (exact) mass is 405 g/mol. The van der Waals surface area contributed by atoms with Crippen molar-refractivity contribution in [3.63, 3.8) is 0 Å². The number of fused-ring (bicyclic) bond motifs is 1. The zero-order valence-corrected chi connectivity index (χ0v) is 16.6. The second-order valence-electron chi connectivity index (χ2n) is 5.56. The summed E-state index contributed by atoms with van der Waals surface area (Å²) in [7, 11) is 0. The number of thioether (sulfide) groups is 1. The number of nitrogens with zero attached hydrogens (tertiary/aromatic N) is 1. The summed E-state index contributed by atoms with van der Waals surface area (Å²) >= 11 is 7.30. The number of anilines is 1. The van der Waals surface area contributed by atoms with Crippen LogP contribution in [0.5, 0.6) is 11.5 Å². The molecule has 0 aliphatic carbocycles. The number of amides is 1. The minimum atomic E-state index is -0.159. The quantitative estimate of drug-likeness (QED) is 0.529. The molecule has 0 aliphatic rings. The van der Waals surface area contributed by atoms with Crippen molar-refractivity contribution < 1.29 is 14.3 Å². The number of hydrogen-bond acceptors (Lipinski definition) is 5. The summed E-state index contributed by atoms with van der Waals surface area (Å²) in [6.45, 7) is 4.86. The lowest BCUT2D eigenvalue weighted by Gasteiger charge is -2.13. The molecule has 0 atom stereocenters. The van der Waals surface area contributed by atoms with Crippen LogP contribution in [0, 0.1) is 0 Å². The van der Waals surface area contributed by atoms with Crippen molar-refractivity contribution >= 4 is 46.0 Å². The SMILES string of the molecule is CCOc1ccc(OCC)c(NC(=O)CSc2nc3ccc(Cl)cc3[nH]2)c1. The third-order valence-corrected chi connectivity index (χ3v) is 4.71. The number of carbonyl (C=O) groups is 1. The molecule has 27 heavy (non-hydrogen) atoms. The predicted octanol–water partition coefficient (Wildman–Crippen LogP) is 4.74. The van der Waals surface area contributed by atoms with Gasteiger partial charge >= 0.3 is 0 Å². The molecule has 2 N–H and O–H groups in total. The lowest BCUT2D eigenvalue weighted by atomic mass is 10.2. The topological polar surface area (TPSA) is 76.2 Å². The molecule has 142 valence electrons. The summed E-state index contributed by atoms with van der Waals surface area (Å²) in [5.74, 6) is 1.33. The van der Waals surface area contributed by atoms with E-state index in [9.17, 15) is 4.79 Å². The predicted molar refractivity (Wildman–Crippen MR) is 109 cm³/mol. The summed E-state index contributed by atoms with van der Waals surface area (Å²) in [5.41, 5.74) is 2.24. The number of H-pyrrole nitrogens is 1. The van der Waals surface area contributed by atoms with Gasteiger partial charge < -0.3 is 19.8 Å². The Morgan fingerprint density at radius 1 is 1.19 bits per heavy atom. The molecule has 1 amide bonds. The second kappa shape index (κ2) is 9.01. The van der Waals surface area contributed by atoms with Crippen LogP contribution < -0.4 is 14.8 Å². The second-order valence-corrected chi connectivity index (χ2v) is 6.96. The highest BCUT2D eigenvalue weighted by atomic mass is 35.5. The highest BCUT2D eigenvalue weighted by Crippen LogP contribution is 2.30. The smallest absolute Gasteiger partial charge is 0.234 e. The van der Waals surface area contributed by atoms with Gasteiger partial charge in [-0.3, -0.25) is 4.79 Å². The third-order valence-electron chi connectivity index (χ3n) is 3.60. The molecular formula is C19H20ClN3O3S. The Morgan fingerprint density at radius 2 is 2.00 bits per heavy atom. The first-order chi connectivity index (χ1) is 13.1. The summed E-state index contributed by atoms with van der Waals surface area (Å²) in [6, 6.07) is 10.8. The van der Waals surface area contributed by atoms with Gasteiger partial charge in [0.05, 0.1) is 35.7 Å². The molecule has 6 nitrogen and oxygen atoms in total. The van der Waals surface area contributed by atoms with Gasteiger partial charge in [0.1, 0.15) is 11.5 Å². The number of benzene rings is 2. The Balaban J connectivity index is 1.66. The van der Waals surface area contributed by atoms with Crippen LogP contribution in [0.3, 0.4) is 0 Å². The molecule has 0 spiro atoms. The number of nitrogens with one attached hydrogen (secondary N) is 2. The summed E-state index contributed by atoms with van der Waals surface area (Å²) in [4.78, 5) is 20.0. The Kier molecular flexibility index (Phi) is 6.47. The maximum absolute atomic E-state index is 12.4. The molecule has 0 saturated carbocycles. The Bertz CT molecular complexity index is 945. The van der Waals surface area contributed by atoms with E-state index in [4.69, 9.17) is 21.1 Å². The average molecular weight is 406 g/mol. The van der Waals surface area contributed by atoms with Crippen LogP contribution in [0.1, 0.15) is 13.8 Å². The lowest BCUT2D eigenvalue weighted by molar-refractivity contribution is -0.113. The van der Waals surface area contributed by atoms with Crippen LogP contribution in [0.2, 0.25) is 5.02 Å². The van der Waals surface area contributed by atoms with Gasteiger partial charge in [0, 0.05) is 11.1 Å². The van der Waals surface area contributed by atoms with Gasteiger partial charge in [-0.2, -0.15) is 0 Å². The molecule has 0 fully saturated rings. The summed E-state index contributed by atoms with van der Waals surface area (Å²) < 4.78 is 11.1. The van der Waals surface area contributed by atoms with E-state index in [-0.39, 0.29) is 11.7 Å². The van der Waals surface area contributed by atoms with Crippen molar-refractivity contribution in [2.45, 2.75) is 19.0 Å². The lowest BCUT2D eigenvalue weighted by Crippen LogP contribution is -2.15. The molecule has 3 aromatic rings. The normalized spacial score (nSPS) is 10.8. The van der Waals surface area contributed by atoms with Crippen molar-refractivity contribution in [1.29, 1.82) is 0 Å². The molecule has 2 aromatic carbocycles. The third kappa shape index (κ3) is 5.08. The van der Waals surface area contributed by atoms with Gasteiger partial charge in [0.15, 0.2) is 5.16 Å². The van der Waals surface area contributed by atoms with E-state index in [1.165, 1.54) is 11.8 Å². The largest absolute Gasteiger partial charge is 0.494 e. The summed E-state index contributed by atoms with van der Waals surface area (Å²) in [5, 5.41) is 4.18. The van der Waals surface area contributed by atoms with Crippen molar-refractivity contribution in [1.82, 2.24) is 9.97 Å². The molecule has 0 radical (unpaired) electrons. The average Bonchev–Trinajstić information content (AvgIpc) is 3.04.